The second-order valence-electron chi connectivity index (χ2n) is 4.20. The Hall–Kier alpha value is -2.22. The van der Waals surface area contributed by atoms with E-state index in [9.17, 15) is 8.78 Å². The smallest absolute Gasteiger partial charge is 0.210 e. The fourth-order valence-corrected chi connectivity index (χ4v) is 2.60. The molecule has 0 aliphatic heterocycles. The highest BCUT2D eigenvalue weighted by Gasteiger charge is 2.12. The van der Waals surface area contributed by atoms with Crippen molar-refractivity contribution in [2.24, 2.45) is 0 Å². The summed E-state index contributed by atoms with van der Waals surface area (Å²) in [5, 5.41) is 11.8. The van der Waals surface area contributed by atoms with Gasteiger partial charge in [-0.25, -0.2) is 13.5 Å². The SMILES string of the molecule is Fc1cccc(CSc2nnnn2Cc2ccco2)c1F. The van der Waals surface area contributed by atoms with Crippen LogP contribution in [0.5, 0.6) is 0 Å². The average Bonchev–Trinajstić information content (AvgIpc) is 3.13. The number of hydrogen-bond acceptors (Lipinski definition) is 5. The highest BCUT2D eigenvalue weighted by molar-refractivity contribution is 7.98. The van der Waals surface area contributed by atoms with E-state index in [4.69, 9.17) is 4.42 Å². The van der Waals surface area contributed by atoms with E-state index in [0.29, 0.717) is 17.5 Å². The Balaban J connectivity index is 1.71. The minimum absolute atomic E-state index is 0.238. The quantitative estimate of drug-likeness (QED) is 0.678. The third-order valence-corrected chi connectivity index (χ3v) is 3.78. The fraction of sp³-hybridized carbons (Fsp3) is 0.154. The highest BCUT2D eigenvalue weighted by atomic mass is 32.2. The van der Waals surface area contributed by atoms with Crippen molar-refractivity contribution in [3.05, 3.63) is 59.6 Å². The van der Waals surface area contributed by atoms with Crippen LogP contribution in [0.4, 0.5) is 8.78 Å². The van der Waals surface area contributed by atoms with Crippen molar-refractivity contribution in [1.82, 2.24) is 20.2 Å². The van der Waals surface area contributed by atoms with Crippen molar-refractivity contribution in [1.29, 1.82) is 0 Å². The zero-order valence-electron chi connectivity index (χ0n) is 10.7. The van der Waals surface area contributed by atoms with Crippen LogP contribution in [-0.4, -0.2) is 20.2 Å². The fourth-order valence-electron chi connectivity index (χ4n) is 1.75. The Labute approximate surface area is 123 Å². The van der Waals surface area contributed by atoms with Gasteiger partial charge in [-0.3, -0.25) is 0 Å². The lowest BCUT2D eigenvalue weighted by molar-refractivity contribution is 0.462. The summed E-state index contributed by atoms with van der Waals surface area (Å²) in [5.74, 6) is -0.748. The lowest BCUT2D eigenvalue weighted by Gasteiger charge is -2.04. The molecule has 2 heterocycles. The molecule has 0 saturated carbocycles. The van der Waals surface area contributed by atoms with E-state index < -0.39 is 11.6 Å². The van der Waals surface area contributed by atoms with Crippen molar-refractivity contribution in [2.45, 2.75) is 17.5 Å². The first-order valence-corrected chi connectivity index (χ1v) is 7.07. The topological polar surface area (TPSA) is 56.7 Å². The number of nitrogens with zero attached hydrogens (tertiary/aromatic N) is 4. The maximum atomic E-state index is 13.6. The third-order valence-electron chi connectivity index (χ3n) is 2.77. The molecule has 5 nitrogen and oxygen atoms in total. The number of benzene rings is 1. The molecule has 0 amide bonds. The van der Waals surface area contributed by atoms with Crippen molar-refractivity contribution in [3.8, 4) is 0 Å². The molecule has 2 aromatic heterocycles. The molecule has 0 fully saturated rings. The second kappa shape index (κ2) is 6.04. The van der Waals surface area contributed by atoms with Crippen molar-refractivity contribution in [3.63, 3.8) is 0 Å². The Morgan fingerprint density at radius 1 is 1.19 bits per heavy atom. The molecule has 0 N–H and O–H groups in total. The van der Waals surface area contributed by atoms with Gasteiger partial charge >= 0.3 is 0 Å². The van der Waals surface area contributed by atoms with E-state index in [2.05, 4.69) is 15.5 Å². The van der Waals surface area contributed by atoms with Gasteiger partial charge in [0.2, 0.25) is 5.16 Å². The first kappa shape index (κ1) is 13.7. The van der Waals surface area contributed by atoms with Gasteiger partial charge < -0.3 is 4.42 Å². The van der Waals surface area contributed by atoms with E-state index in [1.165, 1.54) is 23.9 Å². The van der Waals surface area contributed by atoms with E-state index in [0.717, 1.165) is 6.07 Å². The lowest BCUT2D eigenvalue weighted by Crippen LogP contribution is -2.03. The van der Waals surface area contributed by atoms with Crippen LogP contribution in [-0.2, 0) is 12.3 Å². The Morgan fingerprint density at radius 3 is 2.90 bits per heavy atom. The Kier molecular flexibility index (Phi) is 3.96. The van der Waals surface area contributed by atoms with Crippen LogP contribution in [0.15, 0.2) is 46.2 Å². The van der Waals surface area contributed by atoms with Gasteiger partial charge in [0, 0.05) is 11.3 Å². The van der Waals surface area contributed by atoms with Gasteiger partial charge in [-0.1, -0.05) is 23.9 Å². The summed E-state index contributed by atoms with van der Waals surface area (Å²) < 4.78 is 33.5. The molecule has 0 bridgehead atoms. The van der Waals surface area contributed by atoms with Crippen molar-refractivity contribution < 1.29 is 13.2 Å². The van der Waals surface area contributed by atoms with Gasteiger partial charge in [0.15, 0.2) is 11.6 Å². The van der Waals surface area contributed by atoms with Gasteiger partial charge in [-0.2, -0.15) is 0 Å². The normalized spacial score (nSPS) is 11.0. The summed E-state index contributed by atoms with van der Waals surface area (Å²) in [4.78, 5) is 0. The second-order valence-corrected chi connectivity index (χ2v) is 5.14. The molecule has 0 saturated heterocycles. The number of rotatable bonds is 5. The summed E-state index contributed by atoms with van der Waals surface area (Å²) in [5.41, 5.74) is 0.271. The highest BCUT2D eigenvalue weighted by Crippen LogP contribution is 2.23. The van der Waals surface area contributed by atoms with Crippen LogP contribution in [0, 0.1) is 11.6 Å². The van der Waals surface area contributed by atoms with Gasteiger partial charge in [0.25, 0.3) is 0 Å². The largest absolute Gasteiger partial charge is 0.467 e. The summed E-state index contributed by atoms with van der Waals surface area (Å²) >= 11 is 1.23. The maximum absolute atomic E-state index is 13.6. The first-order valence-electron chi connectivity index (χ1n) is 6.08. The lowest BCUT2D eigenvalue weighted by atomic mass is 10.2. The summed E-state index contributed by atoms with van der Waals surface area (Å²) in [6.07, 6.45) is 1.56. The standard InChI is InChI=1S/C13H10F2N4OS/c14-11-5-1-3-9(12(11)15)8-21-13-16-17-18-19(13)7-10-4-2-6-20-10/h1-6H,7-8H2. The summed E-state index contributed by atoms with van der Waals surface area (Å²) in [6.45, 7) is 0.383. The minimum Gasteiger partial charge on any atom is -0.467 e. The summed E-state index contributed by atoms with van der Waals surface area (Å²) in [6, 6.07) is 7.67. The first-order chi connectivity index (χ1) is 10.2. The van der Waals surface area contributed by atoms with E-state index in [1.54, 1.807) is 17.0 Å². The van der Waals surface area contributed by atoms with E-state index in [1.807, 2.05) is 6.07 Å². The van der Waals surface area contributed by atoms with E-state index in [-0.39, 0.29) is 11.3 Å². The zero-order chi connectivity index (χ0) is 14.7. The molecule has 0 aliphatic rings. The number of tetrazole rings is 1. The molecular weight excluding hydrogens is 298 g/mol. The molecule has 3 rings (SSSR count). The van der Waals surface area contributed by atoms with Gasteiger partial charge in [0.1, 0.15) is 12.3 Å². The van der Waals surface area contributed by atoms with Crippen LogP contribution in [0.3, 0.4) is 0 Å². The van der Waals surface area contributed by atoms with Gasteiger partial charge in [-0.15, -0.1) is 5.10 Å². The minimum atomic E-state index is -0.858. The molecule has 0 spiro atoms. The summed E-state index contributed by atoms with van der Waals surface area (Å²) in [7, 11) is 0. The molecule has 0 aliphatic carbocycles. The molecule has 1 aromatic carbocycles. The molecule has 21 heavy (non-hydrogen) atoms. The molecule has 0 unspecified atom stereocenters. The number of hydrogen-bond donors (Lipinski definition) is 0. The van der Waals surface area contributed by atoms with Crippen LogP contribution in [0.2, 0.25) is 0 Å². The van der Waals surface area contributed by atoms with Crippen LogP contribution < -0.4 is 0 Å². The van der Waals surface area contributed by atoms with Crippen molar-refractivity contribution >= 4 is 11.8 Å². The number of furan rings is 1. The number of aromatic nitrogens is 4. The third kappa shape index (κ3) is 3.10. The van der Waals surface area contributed by atoms with Crippen molar-refractivity contribution in [2.75, 3.05) is 0 Å². The number of thioether (sulfide) groups is 1. The Bertz CT molecular complexity index is 730. The predicted molar refractivity (Wildman–Crippen MR) is 71.5 cm³/mol. The van der Waals surface area contributed by atoms with Gasteiger partial charge in [0.05, 0.1) is 6.26 Å². The molecule has 0 atom stereocenters. The predicted octanol–water partition coefficient (Wildman–Crippen LogP) is 2.88. The zero-order valence-corrected chi connectivity index (χ0v) is 11.6. The van der Waals surface area contributed by atoms with E-state index >= 15 is 0 Å². The molecule has 8 heteroatoms. The van der Waals surface area contributed by atoms with Crippen LogP contribution in [0.1, 0.15) is 11.3 Å². The van der Waals surface area contributed by atoms with Crippen LogP contribution in [0.25, 0.3) is 0 Å². The van der Waals surface area contributed by atoms with Gasteiger partial charge in [-0.05, 0) is 28.6 Å². The van der Waals surface area contributed by atoms with Crippen LogP contribution >= 0.6 is 11.8 Å². The molecule has 0 radical (unpaired) electrons. The molecule has 3 aromatic rings. The number of halogens is 2. The monoisotopic (exact) mass is 308 g/mol. The maximum Gasteiger partial charge on any atom is 0.210 e. The average molecular weight is 308 g/mol. The Morgan fingerprint density at radius 2 is 2.10 bits per heavy atom. The molecule has 108 valence electrons. The molecular formula is C13H10F2N4OS.